The molecule has 1 fully saturated rings. The summed E-state index contributed by atoms with van der Waals surface area (Å²) in [6.07, 6.45) is 12.8. The summed E-state index contributed by atoms with van der Waals surface area (Å²) in [6, 6.07) is 0. The van der Waals surface area contributed by atoms with E-state index in [4.69, 9.17) is 0 Å². The Morgan fingerprint density at radius 1 is 1.15 bits per heavy atom. The lowest BCUT2D eigenvalue weighted by Crippen LogP contribution is -1.97. The third kappa shape index (κ3) is 2.09. The molecule has 2 aliphatic carbocycles. The van der Waals surface area contributed by atoms with E-state index in [-0.39, 0.29) is 5.78 Å². The summed E-state index contributed by atoms with van der Waals surface area (Å²) < 4.78 is 0. The maximum Gasteiger partial charge on any atom is 0.155 e. The van der Waals surface area contributed by atoms with Crippen LogP contribution in [-0.2, 0) is 4.79 Å². The molecule has 70 valence electrons. The minimum atomic E-state index is 0.289. The Hall–Kier alpha value is -0.850. The van der Waals surface area contributed by atoms with Crippen LogP contribution < -0.4 is 0 Å². The van der Waals surface area contributed by atoms with Crippen molar-refractivity contribution in [1.82, 2.24) is 0 Å². The number of rotatable bonds is 0. The number of carbonyl (C=O) groups is 1. The summed E-state index contributed by atoms with van der Waals surface area (Å²) in [4.78, 5) is 11.2. The van der Waals surface area contributed by atoms with Crippen LogP contribution in [0.3, 0.4) is 0 Å². The molecule has 0 N–H and O–H groups in total. The van der Waals surface area contributed by atoms with Crippen molar-refractivity contribution in [3.05, 3.63) is 23.8 Å². The van der Waals surface area contributed by atoms with Crippen molar-refractivity contribution < 1.29 is 4.79 Å². The van der Waals surface area contributed by atoms with E-state index in [1.54, 1.807) is 11.6 Å². The van der Waals surface area contributed by atoms with Gasteiger partial charge in [0.25, 0.3) is 0 Å². The molecule has 0 amide bonds. The molecule has 0 aromatic rings. The lowest BCUT2D eigenvalue weighted by molar-refractivity contribution is -0.114. The van der Waals surface area contributed by atoms with Gasteiger partial charge in [-0.1, -0.05) is 17.7 Å². The van der Waals surface area contributed by atoms with Crippen molar-refractivity contribution in [3.63, 3.8) is 0 Å². The van der Waals surface area contributed by atoms with E-state index in [0.717, 1.165) is 18.8 Å². The van der Waals surface area contributed by atoms with Crippen LogP contribution in [0, 0.1) is 5.92 Å². The quantitative estimate of drug-likeness (QED) is 0.554. The van der Waals surface area contributed by atoms with Gasteiger partial charge < -0.3 is 0 Å². The number of fused-ring (bicyclic) bond motifs is 1. The first-order chi connectivity index (χ1) is 6.36. The minimum absolute atomic E-state index is 0.289. The first-order valence-electron chi connectivity index (χ1n) is 5.26. The third-order valence-corrected chi connectivity index (χ3v) is 3.11. The summed E-state index contributed by atoms with van der Waals surface area (Å²) in [7, 11) is 0. The average molecular weight is 176 g/mol. The normalized spacial score (nSPS) is 28.8. The monoisotopic (exact) mass is 176 g/mol. The van der Waals surface area contributed by atoms with Crippen LogP contribution in [0.5, 0.6) is 0 Å². The van der Waals surface area contributed by atoms with E-state index in [0.29, 0.717) is 0 Å². The zero-order chi connectivity index (χ0) is 9.10. The van der Waals surface area contributed by atoms with Crippen LogP contribution in [0.4, 0.5) is 0 Å². The highest BCUT2D eigenvalue weighted by Crippen LogP contribution is 2.35. The van der Waals surface area contributed by atoms with Gasteiger partial charge in [-0.2, -0.15) is 0 Å². The molecule has 1 nitrogen and oxygen atoms in total. The second-order valence-corrected chi connectivity index (χ2v) is 4.05. The molecule has 0 aliphatic heterocycles. The van der Waals surface area contributed by atoms with Crippen molar-refractivity contribution in [3.8, 4) is 0 Å². The highest BCUT2D eigenvalue weighted by atomic mass is 16.1. The predicted molar refractivity (Wildman–Crippen MR) is 53.4 cm³/mol. The molecule has 0 spiro atoms. The van der Waals surface area contributed by atoms with Gasteiger partial charge in [0, 0.05) is 6.42 Å². The van der Waals surface area contributed by atoms with E-state index in [9.17, 15) is 4.79 Å². The molecule has 1 unspecified atom stereocenters. The Labute approximate surface area is 79.5 Å². The Morgan fingerprint density at radius 2 is 1.92 bits per heavy atom. The van der Waals surface area contributed by atoms with Gasteiger partial charge >= 0.3 is 0 Å². The standard InChI is InChI=1S/C12H16O/c13-12-8-2-6-10-4-1-5-11(10)7-3-9-12/h2,6,8,11H,1,3-5,7,9H2. The number of carbonyl (C=O) groups excluding carboxylic acids is 1. The fourth-order valence-corrected chi connectivity index (χ4v) is 2.38. The van der Waals surface area contributed by atoms with Gasteiger partial charge in [0.1, 0.15) is 0 Å². The maximum absolute atomic E-state index is 11.2. The molecule has 13 heavy (non-hydrogen) atoms. The summed E-state index contributed by atoms with van der Waals surface area (Å²) in [5, 5.41) is 0. The fraction of sp³-hybridized carbons (Fsp3) is 0.583. The molecular weight excluding hydrogens is 160 g/mol. The highest BCUT2D eigenvalue weighted by molar-refractivity contribution is 5.89. The lowest BCUT2D eigenvalue weighted by Gasteiger charge is -2.09. The molecule has 2 rings (SSSR count). The summed E-state index contributed by atoms with van der Waals surface area (Å²) in [6.45, 7) is 0. The second-order valence-electron chi connectivity index (χ2n) is 4.05. The van der Waals surface area contributed by atoms with E-state index in [1.165, 1.54) is 25.7 Å². The van der Waals surface area contributed by atoms with Crippen molar-refractivity contribution in [2.75, 3.05) is 0 Å². The van der Waals surface area contributed by atoms with Crippen LogP contribution in [0.15, 0.2) is 23.8 Å². The second kappa shape index (κ2) is 3.91. The Balaban J connectivity index is 2.13. The molecule has 0 saturated heterocycles. The molecule has 0 aromatic heterocycles. The number of ketones is 1. The SMILES string of the molecule is O=C1C=CC=C2CCCC2CCC1. The van der Waals surface area contributed by atoms with E-state index in [1.807, 2.05) is 6.08 Å². The van der Waals surface area contributed by atoms with Crippen molar-refractivity contribution >= 4 is 5.78 Å². The molecule has 0 radical (unpaired) electrons. The zero-order valence-corrected chi connectivity index (χ0v) is 7.96. The van der Waals surface area contributed by atoms with Gasteiger partial charge in [-0.25, -0.2) is 0 Å². The molecule has 1 heteroatoms. The van der Waals surface area contributed by atoms with Crippen molar-refractivity contribution in [1.29, 1.82) is 0 Å². The van der Waals surface area contributed by atoms with Gasteiger partial charge in [0.15, 0.2) is 5.78 Å². The van der Waals surface area contributed by atoms with Crippen molar-refractivity contribution in [2.24, 2.45) is 5.92 Å². The van der Waals surface area contributed by atoms with Crippen LogP contribution >= 0.6 is 0 Å². The number of hydrogen-bond donors (Lipinski definition) is 0. The Morgan fingerprint density at radius 3 is 2.77 bits per heavy atom. The van der Waals surface area contributed by atoms with Gasteiger partial charge in [-0.05, 0) is 44.1 Å². The summed E-state index contributed by atoms with van der Waals surface area (Å²) in [5.74, 6) is 1.08. The van der Waals surface area contributed by atoms with Gasteiger partial charge in [0.05, 0.1) is 0 Å². The van der Waals surface area contributed by atoms with Gasteiger partial charge in [-0.15, -0.1) is 0 Å². The molecule has 1 saturated carbocycles. The molecular formula is C12H16O. The number of allylic oxidation sites excluding steroid dienone is 4. The van der Waals surface area contributed by atoms with Crippen LogP contribution in [0.1, 0.15) is 38.5 Å². The minimum Gasteiger partial charge on any atom is -0.295 e. The van der Waals surface area contributed by atoms with E-state index < -0.39 is 0 Å². The van der Waals surface area contributed by atoms with Crippen molar-refractivity contribution in [2.45, 2.75) is 38.5 Å². The smallest absolute Gasteiger partial charge is 0.155 e. The number of hydrogen-bond acceptors (Lipinski definition) is 1. The Kier molecular flexibility index (Phi) is 2.62. The average Bonchev–Trinajstić information content (AvgIpc) is 2.53. The zero-order valence-electron chi connectivity index (χ0n) is 7.96. The molecule has 0 heterocycles. The maximum atomic E-state index is 11.2. The van der Waals surface area contributed by atoms with Gasteiger partial charge in [-0.3, -0.25) is 4.79 Å². The summed E-state index contributed by atoms with van der Waals surface area (Å²) >= 11 is 0. The Bertz CT molecular complexity index is 260. The summed E-state index contributed by atoms with van der Waals surface area (Å²) in [5.41, 5.74) is 1.57. The van der Waals surface area contributed by atoms with Crippen LogP contribution in [-0.4, -0.2) is 5.78 Å². The van der Waals surface area contributed by atoms with Crippen LogP contribution in [0.25, 0.3) is 0 Å². The molecule has 0 bridgehead atoms. The van der Waals surface area contributed by atoms with E-state index in [2.05, 4.69) is 6.08 Å². The highest BCUT2D eigenvalue weighted by Gasteiger charge is 2.20. The topological polar surface area (TPSA) is 17.1 Å². The molecule has 0 aromatic carbocycles. The first kappa shape index (κ1) is 8.74. The van der Waals surface area contributed by atoms with Crippen LogP contribution in [0.2, 0.25) is 0 Å². The predicted octanol–water partition coefficient (Wildman–Crippen LogP) is 3.02. The third-order valence-electron chi connectivity index (χ3n) is 3.11. The van der Waals surface area contributed by atoms with E-state index >= 15 is 0 Å². The fourth-order valence-electron chi connectivity index (χ4n) is 2.38. The largest absolute Gasteiger partial charge is 0.295 e. The molecule has 2 aliphatic rings. The lowest BCUT2D eigenvalue weighted by atomic mass is 9.96. The molecule has 1 atom stereocenters. The van der Waals surface area contributed by atoms with Gasteiger partial charge in [0.2, 0.25) is 0 Å². The first-order valence-corrected chi connectivity index (χ1v) is 5.26.